The molecule has 1 aliphatic rings. The lowest BCUT2D eigenvalue weighted by Gasteiger charge is -2.24. The van der Waals surface area contributed by atoms with Gasteiger partial charge in [0.05, 0.1) is 23.3 Å². The Hall–Kier alpha value is -3.41. The van der Waals surface area contributed by atoms with Gasteiger partial charge >= 0.3 is 0 Å². The molecular formula is C23H22N4O2. The molecule has 0 fully saturated rings. The van der Waals surface area contributed by atoms with Gasteiger partial charge in [-0.3, -0.25) is 14.2 Å². The van der Waals surface area contributed by atoms with Crippen molar-refractivity contribution in [2.75, 3.05) is 0 Å². The number of aryl methyl sites for hydroxylation is 2. The van der Waals surface area contributed by atoms with Gasteiger partial charge in [0.1, 0.15) is 0 Å². The van der Waals surface area contributed by atoms with Gasteiger partial charge in [-0.25, -0.2) is 4.98 Å². The fourth-order valence-corrected chi connectivity index (χ4v) is 4.31. The summed E-state index contributed by atoms with van der Waals surface area (Å²) in [7, 11) is 0. The highest BCUT2D eigenvalue weighted by Gasteiger charge is 2.25. The Labute approximate surface area is 167 Å². The molecule has 29 heavy (non-hydrogen) atoms. The van der Waals surface area contributed by atoms with E-state index in [1.807, 2.05) is 30.3 Å². The molecule has 0 bridgehead atoms. The van der Waals surface area contributed by atoms with Gasteiger partial charge in [0.25, 0.3) is 5.56 Å². The first-order valence-electron chi connectivity index (χ1n) is 10.0. The second-order valence-corrected chi connectivity index (χ2v) is 7.59. The number of benzene rings is 2. The summed E-state index contributed by atoms with van der Waals surface area (Å²) < 4.78 is 1.51. The van der Waals surface area contributed by atoms with Crippen LogP contribution in [0.2, 0.25) is 0 Å². The van der Waals surface area contributed by atoms with Gasteiger partial charge in [0.15, 0.2) is 0 Å². The van der Waals surface area contributed by atoms with E-state index in [4.69, 9.17) is 0 Å². The summed E-state index contributed by atoms with van der Waals surface area (Å²) in [6, 6.07) is 15.5. The van der Waals surface area contributed by atoms with E-state index in [2.05, 4.69) is 27.4 Å². The van der Waals surface area contributed by atoms with Crippen molar-refractivity contribution in [3.05, 3.63) is 76.5 Å². The highest BCUT2D eigenvalue weighted by molar-refractivity contribution is 5.85. The number of nitrogens with zero attached hydrogens (tertiary/aromatic N) is 2. The summed E-state index contributed by atoms with van der Waals surface area (Å²) >= 11 is 0. The first kappa shape index (κ1) is 17.7. The lowest BCUT2D eigenvalue weighted by atomic mass is 9.91. The number of rotatable bonds is 4. The van der Waals surface area contributed by atoms with Crippen LogP contribution in [0.4, 0.5) is 0 Å². The Morgan fingerprint density at radius 3 is 2.83 bits per heavy atom. The zero-order valence-electron chi connectivity index (χ0n) is 16.0. The number of hydrogen-bond donors (Lipinski definition) is 2. The largest absolute Gasteiger partial charge is 0.356 e. The summed E-state index contributed by atoms with van der Waals surface area (Å²) in [4.78, 5) is 33.0. The molecule has 1 amide bonds. The van der Waals surface area contributed by atoms with Crippen molar-refractivity contribution >= 4 is 27.7 Å². The van der Waals surface area contributed by atoms with Gasteiger partial charge in [-0.2, -0.15) is 0 Å². The van der Waals surface area contributed by atoms with Crippen molar-refractivity contribution in [3.8, 4) is 0 Å². The van der Waals surface area contributed by atoms with E-state index >= 15 is 0 Å². The third kappa shape index (κ3) is 3.20. The summed E-state index contributed by atoms with van der Waals surface area (Å²) in [6.45, 7) is 0.314. The van der Waals surface area contributed by atoms with Crippen LogP contribution >= 0.6 is 0 Å². The molecule has 0 saturated carbocycles. The predicted molar refractivity (Wildman–Crippen MR) is 113 cm³/mol. The van der Waals surface area contributed by atoms with Gasteiger partial charge in [-0.1, -0.05) is 30.3 Å². The quantitative estimate of drug-likeness (QED) is 0.564. The van der Waals surface area contributed by atoms with Crippen LogP contribution in [0.15, 0.2) is 59.7 Å². The second kappa shape index (κ2) is 7.20. The topological polar surface area (TPSA) is 79.8 Å². The summed E-state index contributed by atoms with van der Waals surface area (Å²) in [5, 5.41) is 4.98. The molecule has 2 heterocycles. The van der Waals surface area contributed by atoms with Crippen LogP contribution in [0.25, 0.3) is 21.8 Å². The van der Waals surface area contributed by atoms with Crippen molar-refractivity contribution in [1.82, 2.24) is 19.9 Å². The highest BCUT2D eigenvalue weighted by Crippen LogP contribution is 2.34. The van der Waals surface area contributed by atoms with E-state index in [1.54, 1.807) is 6.07 Å². The monoisotopic (exact) mass is 386 g/mol. The highest BCUT2D eigenvalue weighted by atomic mass is 16.2. The van der Waals surface area contributed by atoms with Crippen LogP contribution in [0.5, 0.6) is 0 Å². The molecule has 2 N–H and O–H groups in total. The number of hydrogen-bond acceptors (Lipinski definition) is 3. The number of aromatic nitrogens is 3. The van der Waals surface area contributed by atoms with Gasteiger partial charge in [0.2, 0.25) is 5.91 Å². The number of para-hydroxylation sites is 2. The van der Waals surface area contributed by atoms with E-state index in [1.165, 1.54) is 21.8 Å². The Morgan fingerprint density at radius 1 is 1.14 bits per heavy atom. The van der Waals surface area contributed by atoms with E-state index in [-0.39, 0.29) is 23.9 Å². The van der Waals surface area contributed by atoms with Crippen molar-refractivity contribution in [3.63, 3.8) is 0 Å². The van der Waals surface area contributed by atoms with Gasteiger partial charge in [0, 0.05) is 29.6 Å². The SMILES string of the molecule is O=C(CCn1cnc2ccccc2c1=O)NC1CCCc2c1[nH]c1ccccc21. The average Bonchev–Trinajstić information content (AvgIpc) is 3.13. The van der Waals surface area contributed by atoms with E-state index in [0.717, 1.165) is 30.5 Å². The van der Waals surface area contributed by atoms with Crippen molar-refractivity contribution in [1.29, 1.82) is 0 Å². The first-order valence-corrected chi connectivity index (χ1v) is 10.0. The minimum atomic E-state index is -0.112. The average molecular weight is 386 g/mol. The Balaban J connectivity index is 1.31. The molecule has 4 aromatic rings. The minimum Gasteiger partial charge on any atom is -0.356 e. The maximum Gasteiger partial charge on any atom is 0.261 e. The first-order chi connectivity index (χ1) is 14.2. The Morgan fingerprint density at radius 2 is 1.93 bits per heavy atom. The summed E-state index contributed by atoms with van der Waals surface area (Å²) in [5.74, 6) is -0.0541. The molecule has 0 saturated heterocycles. The number of H-pyrrole nitrogens is 1. The van der Waals surface area contributed by atoms with E-state index < -0.39 is 0 Å². The van der Waals surface area contributed by atoms with E-state index in [0.29, 0.717) is 17.4 Å². The van der Waals surface area contributed by atoms with Crippen LogP contribution in [0, 0.1) is 0 Å². The Kier molecular flexibility index (Phi) is 4.39. The molecule has 1 aliphatic carbocycles. The van der Waals surface area contributed by atoms with Gasteiger partial charge < -0.3 is 10.3 Å². The molecule has 6 nitrogen and oxygen atoms in total. The normalized spacial score (nSPS) is 16.1. The van der Waals surface area contributed by atoms with Crippen LogP contribution in [-0.2, 0) is 17.8 Å². The standard InChI is InChI=1S/C23H22N4O2/c28-21(12-13-27-14-24-18-9-3-2-7-17(18)23(27)29)25-20-11-5-8-16-15-6-1-4-10-19(15)26-22(16)20/h1-4,6-7,9-10,14,20,26H,5,8,11-13H2,(H,25,28). The molecular weight excluding hydrogens is 364 g/mol. The summed E-state index contributed by atoms with van der Waals surface area (Å²) in [6.07, 6.45) is 4.76. The number of amides is 1. The lowest BCUT2D eigenvalue weighted by molar-refractivity contribution is -0.122. The maximum absolute atomic E-state index is 12.6. The van der Waals surface area contributed by atoms with Crippen molar-refractivity contribution in [2.24, 2.45) is 0 Å². The molecule has 2 aromatic heterocycles. The molecule has 0 radical (unpaired) electrons. The fourth-order valence-electron chi connectivity index (χ4n) is 4.31. The van der Waals surface area contributed by atoms with Crippen LogP contribution in [0.3, 0.4) is 0 Å². The summed E-state index contributed by atoms with van der Waals surface area (Å²) in [5.41, 5.74) is 4.11. The zero-order valence-corrected chi connectivity index (χ0v) is 16.0. The molecule has 0 spiro atoms. The van der Waals surface area contributed by atoms with Crippen LogP contribution in [0.1, 0.15) is 36.6 Å². The van der Waals surface area contributed by atoms with Crippen LogP contribution in [-0.4, -0.2) is 20.4 Å². The fraction of sp³-hybridized carbons (Fsp3) is 0.261. The smallest absolute Gasteiger partial charge is 0.261 e. The van der Waals surface area contributed by atoms with Gasteiger partial charge in [-0.15, -0.1) is 0 Å². The predicted octanol–water partition coefficient (Wildman–Crippen LogP) is 3.46. The van der Waals surface area contributed by atoms with Crippen molar-refractivity contribution in [2.45, 2.75) is 38.3 Å². The lowest BCUT2D eigenvalue weighted by Crippen LogP contribution is -2.32. The number of carbonyl (C=O) groups is 1. The molecule has 146 valence electrons. The zero-order chi connectivity index (χ0) is 19.8. The van der Waals surface area contributed by atoms with E-state index in [9.17, 15) is 9.59 Å². The molecule has 1 unspecified atom stereocenters. The third-order valence-electron chi connectivity index (χ3n) is 5.76. The number of carbonyl (C=O) groups excluding carboxylic acids is 1. The molecule has 0 aliphatic heterocycles. The molecule has 2 aromatic carbocycles. The molecule has 6 heteroatoms. The minimum absolute atomic E-state index is 0.00917. The van der Waals surface area contributed by atoms with Crippen molar-refractivity contribution < 1.29 is 4.79 Å². The second-order valence-electron chi connectivity index (χ2n) is 7.59. The molecule has 1 atom stereocenters. The number of aromatic amines is 1. The molecule has 5 rings (SSSR count). The van der Waals surface area contributed by atoms with Gasteiger partial charge in [-0.05, 0) is 43.0 Å². The number of nitrogens with one attached hydrogen (secondary N) is 2. The maximum atomic E-state index is 12.6. The third-order valence-corrected chi connectivity index (χ3v) is 5.76. The Bertz CT molecular complexity index is 1270. The number of fused-ring (bicyclic) bond motifs is 4. The van der Waals surface area contributed by atoms with Crippen LogP contribution < -0.4 is 10.9 Å².